The van der Waals surface area contributed by atoms with Crippen molar-refractivity contribution in [2.24, 2.45) is 11.8 Å². The molecule has 1 N–H and O–H groups in total. The van der Waals surface area contributed by atoms with E-state index in [0.717, 1.165) is 34.4 Å². The molecule has 1 aliphatic rings. The third-order valence-electron chi connectivity index (χ3n) is 4.12. The fraction of sp³-hybridized carbons (Fsp3) is 0.571. The molecule has 3 rings (SSSR count). The second-order valence-corrected chi connectivity index (χ2v) is 6.62. The molecular weight excluding hydrogens is 278 g/mol. The van der Waals surface area contributed by atoms with Crippen LogP contribution in [0.5, 0.6) is 0 Å². The van der Waals surface area contributed by atoms with Gasteiger partial charge in [-0.25, -0.2) is 9.97 Å². The summed E-state index contributed by atoms with van der Waals surface area (Å²) in [5.41, 5.74) is 0. The summed E-state index contributed by atoms with van der Waals surface area (Å²) >= 11 is 7.58. The standard InChI is InChI=1S/C14H18ClN3S/c1-9-4-2-3-5-10(9)8-16-12-11-6-7-19-13(11)18-14(15)17-12/h6-7,9-10H,2-5,8H2,1H3,(H,16,17,18). The van der Waals surface area contributed by atoms with Gasteiger partial charge in [0.15, 0.2) is 0 Å². The molecule has 3 nitrogen and oxygen atoms in total. The average Bonchev–Trinajstić information content (AvgIpc) is 2.85. The zero-order valence-electron chi connectivity index (χ0n) is 11.0. The highest BCUT2D eigenvalue weighted by Gasteiger charge is 2.21. The molecule has 2 heterocycles. The SMILES string of the molecule is CC1CCCCC1CNc1nc(Cl)nc2sccc12. The maximum atomic E-state index is 5.98. The summed E-state index contributed by atoms with van der Waals surface area (Å²) in [6.07, 6.45) is 5.41. The quantitative estimate of drug-likeness (QED) is 0.842. The maximum Gasteiger partial charge on any atom is 0.225 e. The molecule has 2 aromatic rings. The van der Waals surface area contributed by atoms with Crippen LogP contribution in [0.25, 0.3) is 10.2 Å². The van der Waals surface area contributed by atoms with Crippen molar-refractivity contribution in [1.82, 2.24) is 9.97 Å². The summed E-state index contributed by atoms with van der Waals surface area (Å²) in [4.78, 5) is 9.53. The fourth-order valence-corrected chi connectivity index (χ4v) is 3.87. The summed E-state index contributed by atoms with van der Waals surface area (Å²) in [5.74, 6) is 2.43. The Morgan fingerprint density at radius 3 is 3.05 bits per heavy atom. The van der Waals surface area contributed by atoms with E-state index < -0.39 is 0 Å². The molecule has 5 heteroatoms. The van der Waals surface area contributed by atoms with E-state index in [9.17, 15) is 0 Å². The summed E-state index contributed by atoms with van der Waals surface area (Å²) in [6, 6.07) is 2.06. The molecule has 102 valence electrons. The average molecular weight is 296 g/mol. The Bertz CT molecular complexity index is 569. The number of nitrogens with zero attached hydrogens (tertiary/aromatic N) is 2. The molecule has 0 spiro atoms. The van der Waals surface area contributed by atoms with E-state index in [-0.39, 0.29) is 0 Å². The van der Waals surface area contributed by atoms with Crippen molar-refractivity contribution in [2.45, 2.75) is 32.6 Å². The van der Waals surface area contributed by atoms with E-state index in [1.54, 1.807) is 11.3 Å². The molecule has 1 aliphatic carbocycles. The van der Waals surface area contributed by atoms with Gasteiger partial charge in [-0.05, 0) is 41.3 Å². The van der Waals surface area contributed by atoms with Crippen molar-refractivity contribution < 1.29 is 0 Å². The van der Waals surface area contributed by atoms with Gasteiger partial charge in [-0.15, -0.1) is 11.3 Å². The van der Waals surface area contributed by atoms with Gasteiger partial charge >= 0.3 is 0 Å². The number of rotatable bonds is 3. The normalized spacial score (nSPS) is 23.7. The van der Waals surface area contributed by atoms with E-state index in [4.69, 9.17) is 11.6 Å². The van der Waals surface area contributed by atoms with E-state index in [0.29, 0.717) is 5.28 Å². The van der Waals surface area contributed by atoms with Gasteiger partial charge in [-0.3, -0.25) is 0 Å². The van der Waals surface area contributed by atoms with Crippen molar-refractivity contribution in [3.8, 4) is 0 Å². The molecule has 1 saturated carbocycles. The van der Waals surface area contributed by atoms with Crippen molar-refractivity contribution in [3.63, 3.8) is 0 Å². The van der Waals surface area contributed by atoms with Gasteiger partial charge in [0.05, 0.1) is 5.39 Å². The zero-order chi connectivity index (χ0) is 13.2. The summed E-state index contributed by atoms with van der Waals surface area (Å²) in [6.45, 7) is 3.35. The summed E-state index contributed by atoms with van der Waals surface area (Å²) in [5, 5.41) is 6.93. The van der Waals surface area contributed by atoms with Crippen LogP contribution < -0.4 is 5.32 Å². The van der Waals surface area contributed by atoms with Crippen LogP contribution in [0.4, 0.5) is 5.82 Å². The molecule has 0 aromatic carbocycles. The lowest BCUT2D eigenvalue weighted by molar-refractivity contribution is 0.268. The highest BCUT2D eigenvalue weighted by atomic mass is 35.5. The van der Waals surface area contributed by atoms with Crippen molar-refractivity contribution in [1.29, 1.82) is 0 Å². The number of halogens is 1. The maximum absolute atomic E-state index is 5.98. The van der Waals surface area contributed by atoms with Crippen LogP contribution >= 0.6 is 22.9 Å². The number of fused-ring (bicyclic) bond motifs is 1. The molecule has 0 saturated heterocycles. The van der Waals surface area contributed by atoms with Crippen molar-refractivity contribution >= 4 is 39.0 Å². The lowest BCUT2D eigenvalue weighted by Gasteiger charge is -2.29. The van der Waals surface area contributed by atoms with Gasteiger partial charge in [0.1, 0.15) is 10.6 Å². The Balaban J connectivity index is 1.75. The molecule has 2 aromatic heterocycles. The Kier molecular flexibility index (Phi) is 3.89. The fourth-order valence-electron chi connectivity index (χ4n) is 2.89. The van der Waals surface area contributed by atoms with Crippen molar-refractivity contribution in [2.75, 3.05) is 11.9 Å². The van der Waals surface area contributed by atoms with Gasteiger partial charge in [0.2, 0.25) is 5.28 Å². The summed E-state index contributed by atoms with van der Waals surface area (Å²) < 4.78 is 0. The van der Waals surface area contributed by atoms with Crippen LogP contribution in [0.15, 0.2) is 11.4 Å². The highest BCUT2D eigenvalue weighted by Crippen LogP contribution is 2.31. The van der Waals surface area contributed by atoms with E-state index in [2.05, 4.69) is 28.3 Å². The van der Waals surface area contributed by atoms with E-state index >= 15 is 0 Å². The van der Waals surface area contributed by atoms with Gasteiger partial charge < -0.3 is 5.32 Å². The smallest absolute Gasteiger partial charge is 0.225 e. The number of anilines is 1. The van der Waals surface area contributed by atoms with Crippen LogP contribution in [-0.4, -0.2) is 16.5 Å². The second-order valence-electron chi connectivity index (χ2n) is 5.38. The molecular formula is C14H18ClN3S. The van der Waals surface area contributed by atoms with Crippen LogP contribution in [0.3, 0.4) is 0 Å². The molecule has 0 aliphatic heterocycles. The monoisotopic (exact) mass is 295 g/mol. The molecule has 2 unspecified atom stereocenters. The second kappa shape index (κ2) is 5.63. The Morgan fingerprint density at radius 1 is 1.37 bits per heavy atom. The Labute approximate surface area is 122 Å². The predicted octanol–water partition coefficient (Wildman–Crippen LogP) is 4.58. The number of nitrogens with one attached hydrogen (secondary N) is 1. The predicted molar refractivity (Wildman–Crippen MR) is 82.0 cm³/mol. The van der Waals surface area contributed by atoms with Gasteiger partial charge in [0.25, 0.3) is 0 Å². The third-order valence-corrected chi connectivity index (χ3v) is 5.09. The highest BCUT2D eigenvalue weighted by molar-refractivity contribution is 7.16. The molecule has 1 fully saturated rings. The van der Waals surface area contributed by atoms with Crippen molar-refractivity contribution in [3.05, 3.63) is 16.7 Å². The minimum absolute atomic E-state index is 0.328. The number of hydrogen-bond acceptors (Lipinski definition) is 4. The number of thiophene rings is 1. The van der Waals surface area contributed by atoms with E-state index in [1.807, 2.05) is 5.38 Å². The van der Waals surface area contributed by atoms with E-state index in [1.165, 1.54) is 25.7 Å². The molecule has 19 heavy (non-hydrogen) atoms. The molecule has 0 bridgehead atoms. The van der Waals surface area contributed by atoms with Gasteiger partial charge in [0, 0.05) is 6.54 Å². The van der Waals surface area contributed by atoms with Crippen LogP contribution in [0, 0.1) is 11.8 Å². The number of hydrogen-bond donors (Lipinski definition) is 1. The van der Waals surface area contributed by atoms with Gasteiger partial charge in [-0.1, -0.05) is 26.2 Å². The lowest BCUT2D eigenvalue weighted by atomic mass is 9.80. The first-order valence-electron chi connectivity index (χ1n) is 6.88. The Hall–Kier alpha value is -0.870. The first kappa shape index (κ1) is 13.1. The van der Waals surface area contributed by atoms with Crippen LogP contribution in [0.2, 0.25) is 5.28 Å². The zero-order valence-corrected chi connectivity index (χ0v) is 12.6. The summed E-state index contributed by atoms with van der Waals surface area (Å²) in [7, 11) is 0. The van der Waals surface area contributed by atoms with Crippen LogP contribution in [0.1, 0.15) is 32.6 Å². The first-order valence-corrected chi connectivity index (χ1v) is 8.14. The first-order chi connectivity index (χ1) is 9.24. The topological polar surface area (TPSA) is 37.8 Å². The van der Waals surface area contributed by atoms with Gasteiger partial charge in [-0.2, -0.15) is 0 Å². The Morgan fingerprint density at radius 2 is 2.21 bits per heavy atom. The molecule has 2 atom stereocenters. The largest absolute Gasteiger partial charge is 0.369 e. The minimum atomic E-state index is 0.328. The molecule has 0 amide bonds. The van der Waals surface area contributed by atoms with Crippen LogP contribution in [-0.2, 0) is 0 Å². The lowest BCUT2D eigenvalue weighted by Crippen LogP contribution is -2.24. The molecule has 0 radical (unpaired) electrons. The third kappa shape index (κ3) is 2.84. The number of aromatic nitrogens is 2. The minimum Gasteiger partial charge on any atom is -0.369 e.